The summed E-state index contributed by atoms with van der Waals surface area (Å²) in [7, 11) is 0. The first-order chi connectivity index (χ1) is 7.11. The number of ether oxygens (including phenoxy) is 1. The van der Waals surface area contributed by atoms with Crippen LogP contribution in [0.1, 0.15) is 22.3 Å². The van der Waals surface area contributed by atoms with Gasteiger partial charge in [-0.15, -0.1) is 0 Å². The van der Waals surface area contributed by atoms with Gasteiger partial charge in [0.05, 0.1) is 17.2 Å². The minimum Gasteiger partial charge on any atom is -0.493 e. The third kappa shape index (κ3) is 1.65. The summed E-state index contributed by atoms with van der Waals surface area (Å²) >= 11 is 5.61. The number of aromatic carboxylic acids is 1. The number of hydrogen-bond acceptors (Lipinski definition) is 2. The number of benzene rings is 1. The molecule has 0 aromatic heterocycles. The highest BCUT2D eigenvalue weighted by atomic mass is 35.5. The van der Waals surface area contributed by atoms with Crippen LogP contribution in [0.15, 0.2) is 6.07 Å². The normalized spacial score (nSPS) is 14.3. The summed E-state index contributed by atoms with van der Waals surface area (Å²) in [5.74, 6) is -1.68. The Hall–Kier alpha value is -1.29. The predicted molar refractivity (Wildman–Crippen MR) is 52.2 cm³/mol. The lowest BCUT2D eigenvalue weighted by Crippen LogP contribution is -2.14. The summed E-state index contributed by atoms with van der Waals surface area (Å²) < 4.78 is 18.4. The van der Waals surface area contributed by atoms with Crippen LogP contribution in [0.25, 0.3) is 0 Å². The Morgan fingerprint density at radius 3 is 3.00 bits per heavy atom. The maximum absolute atomic E-state index is 13.3. The minimum atomic E-state index is -1.22. The van der Waals surface area contributed by atoms with Crippen molar-refractivity contribution in [1.29, 1.82) is 0 Å². The molecule has 15 heavy (non-hydrogen) atoms. The average molecular weight is 231 g/mol. The van der Waals surface area contributed by atoms with Gasteiger partial charge in [-0.25, -0.2) is 9.18 Å². The van der Waals surface area contributed by atoms with Gasteiger partial charge in [0.15, 0.2) is 0 Å². The van der Waals surface area contributed by atoms with Crippen LogP contribution in [0, 0.1) is 5.82 Å². The van der Waals surface area contributed by atoms with Crippen molar-refractivity contribution in [2.45, 2.75) is 12.8 Å². The zero-order chi connectivity index (χ0) is 11.0. The SMILES string of the molecule is O=C(O)c1c(Cl)c(F)cc2c1CCCO2. The Kier molecular flexibility index (Phi) is 2.52. The van der Waals surface area contributed by atoms with E-state index in [2.05, 4.69) is 0 Å². The monoisotopic (exact) mass is 230 g/mol. The lowest BCUT2D eigenvalue weighted by atomic mass is 9.99. The molecule has 3 nitrogen and oxygen atoms in total. The van der Waals surface area contributed by atoms with Crippen molar-refractivity contribution in [3.8, 4) is 5.75 Å². The molecular formula is C10H8ClFO3. The van der Waals surface area contributed by atoms with E-state index in [4.69, 9.17) is 21.4 Å². The van der Waals surface area contributed by atoms with Gasteiger partial charge in [-0.2, -0.15) is 0 Å². The Labute approximate surface area is 90.4 Å². The lowest BCUT2D eigenvalue weighted by molar-refractivity contribution is 0.0694. The number of carboxylic acids is 1. The molecule has 1 aliphatic rings. The van der Waals surface area contributed by atoms with Crippen LogP contribution in [0.3, 0.4) is 0 Å². The van der Waals surface area contributed by atoms with E-state index in [1.165, 1.54) is 0 Å². The standard InChI is InChI=1S/C10H8ClFO3/c11-9-6(12)4-7-5(2-1-3-15-7)8(9)10(13)14/h4H,1-3H2,(H,13,14). The first-order valence-electron chi connectivity index (χ1n) is 4.48. The van der Waals surface area contributed by atoms with Crippen LogP contribution in [-0.4, -0.2) is 17.7 Å². The molecule has 1 aromatic rings. The predicted octanol–water partition coefficient (Wildman–Crippen LogP) is 2.50. The molecule has 0 saturated heterocycles. The van der Waals surface area contributed by atoms with Gasteiger partial charge >= 0.3 is 5.97 Å². The van der Waals surface area contributed by atoms with E-state index in [1.807, 2.05) is 0 Å². The van der Waals surface area contributed by atoms with Gasteiger partial charge in [0, 0.05) is 11.6 Å². The molecule has 1 aromatic carbocycles. The third-order valence-electron chi connectivity index (χ3n) is 2.33. The molecule has 0 bridgehead atoms. The Morgan fingerprint density at radius 2 is 2.33 bits per heavy atom. The van der Waals surface area contributed by atoms with Crippen molar-refractivity contribution in [2.75, 3.05) is 6.61 Å². The third-order valence-corrected chi connectivity index (χ3v) is 2.70. The molecule has 0 radical (unpaired) electrons. The highest BCUT2D eigenvalue weighted by Crippen LogP contribution is 2.34. The van der Waals surface area contributed by atoms with Gasteiger partial charge in [0.1, 0.15) is 11.6 Å². The van der Waals surface area contributed by atoms with Crippen molar-refractivity contribution in [3.05, 3.63) is 28.0 Å². The largest absolute Gasteiger partial charge is 0.493 e. The van der Waals surface area contributed by atoms with E-state index in [0.717, 1.165) is 12.5 Å². The van der Waals surface area contributed by atoms with Gasteiger partial charge in [-0.1, -0.05) is 11.6 Å². The summed E-state index contributed by atoms with van der Waals surface area (Å²) in [5, 5.41) is 8.60. The van der Waals surface area contributed by atoms with Gasteiger partial charge in [0.25, 0.3) is 0 Å². The van der Waals surface area contributed by atoms with Crippen LogP contribution < -0.4 is 4.74 Å². The molecule has 1 heterocycles. The van der Waals surface area contributed by atoms with E-state index >= 15 is 0 Å². The summed E-state index contributed by atoms with van der Waals surface area (Å²) in [6.07, 6.45) is 1.27. The van der Waals surface area contributed by atoms with Crippen molar-refractivity contribution in [2.24, 2.45) is 0 Å². The summed E-state index contributed by atoms with van der Waals surface area (Å²) in [5.41, 5.74) is 0.312. The van der Waals surface area contributed by atoms with Crippen molar-refractivity contribution >= 4 is 17.6 Å². The van der Waals surface area contributed by atoms with Crippen LogP contribution in [0.2, 0.25) is 5.02 Å². The van der Waals surface area contributed by atoms with Crippen molar-refractivity contribution < 1.29 is 19.0 Å². The maximum atomic E-state index is 13.3. The second-order valence-electron chi connectivity index (χ2n) is 3.28. The zero-order valence-electron chi connectivity index (χ0n) is 7.72. The second-order valence-corrected chi connectivity index (χ2v) is 3.66. The number of hydrogen-bond donors (Lipinski definition) is 1. The Balaban J connectivity index is 2.68. The fourth-order valence-electron chi connectivity index (χ4n) is 1.67. The summed E-state index contributed by atoms with van der Waals surface area (Å²) in [4.78, 5) is 10.9. The average Bonchev–Trinajstić information content (AvgIpc) is 2.19. The first-order valence-corrected chi connectivity index (χ1v) is 4.86. The smallest absolute Gasteiger partial charge is 0.337 e. The van der Waals surface area contributed by atoms with Crippen LogP contribution in [0.5, 0.6) is 5.75 Å². The van der Waals surface area contributed by atoms with Crippen molar-refractivity contribution in [3.63, 3.8) is 0 Å². The van der Waals surface area contributed by atoms with E-state index < -0.39 is 11.8 Å². The van der Waals surface area contributed by atoms with Gasteiger partial charge in [-0.05, 0) is 12.8 Å². The van der Waals surface area contributed by atoms with E-state index in [1.54, 1.807) is 0 Å². The van der Waals surface area contributed by atoms with Gasteiger partial charge in [-0.3, -0.25) is 0 Å². The number of carbonyl (C=O) groups is 1. The van der Waals surface area contributed by atoms with Crippen molar-refractivity contribution in [1.82, 2.24) is 0 Å². The van der Waals surface area contributed by atoms with Gasteiger partial charge < -0.3 is 9.84 Å². The fourth-order valence-corrected chi connectivity index (χ4v) is 1.92. The van der Waals surface area contributed by atoms with Crippen LogP contribution >= 0.6 is 11.6 Å². The fraction of sp³-hybridized carbons (Fsp3) is 0.300. The molecule has 0 unspecified atom stereocenters. The number of halogens is 2. The molecular weight excluding hydrogens is 223 g/mol. The van der Waals surface area contributed by atoms with E-state index in [0.29, 0.717) is 24.3 Å². The Morgan fingerprint density at radius 1 is 1.60 bits per heavy atom. The minimum absolute atomic E-state index is 0.175. The molecule has 0 amide bonds. The second kappa shape index (κ2) is 3.70. The molecule has 0 aliphatic carbocycles. The lowest BCUT2D eigenvalue weighted by Gasteiger charge is -2.19. The molecule has 0 spiro atoms. The molecule has 1 aliphatic heterocycles. The van der Waals surface area contributed by atoms with E-state index in [9.17, 15) is 9.18 Å². The van der Waals surface area contributed by atoms with Gasteiger partial charge in [0.2, 0.25) is 0 Å². The molecule has 5 heteroatoms. The maximum Gasteiger partial charge on any atom is 0.337 e. The molecule has 2 rings (SSSR count). The zero-order valence-corrected chi connectivity index (χ0v) is 8.47. The molecule has 80 valence electrons. The quantitative estimate of drug-likeness (QED) is 0.806. The van der Waals surface area contributed by atoms with Crippen LogP contribution in [-0.2, 0) is 6.42 Å². The molecule has 0 atom stereocenters. The highest BCUT2D eigenvalue weighted by molar-refractivity contribution is 6.34. The Bertz CT molecular complexity index is 431. The molecule has 1 N–H and O–H groups in total. The number of carboxylic acid groups (broad SMARTS) is 1. The topological polar surface area (TPSA) is 46.5 Å². The first kappa shape index (κ1) is 10.2. The summed E-state index contributed by atoms with van der Waals surface area (Å²) in [6, 6.07) is 1.14. The molecule has 0 saturated carbocycles. The highest BCUT2D eigenvalue weighted by Gasteiger charge is 2.24. The molecule has 0 fully saturated rings. The van der Waals surface area contributed by atoms with Crippen LogP contribution in [0.4, 0.5) is 4.39 Å². The number of fused-ring (bicyclic) bond motifs is 1. The van der Waals surface area contributed by atoms with E-state index in [-0.39, 0.29) is 10.6 Å². The summed E-state index contributed by atoms with van der Waals surface area (Å²) in [6.45, 7) is 0.479. The number of rotatable bonds is 1.